The Kier molecular flexibility index (Phi) is 6.04. The van der Waals surface area contributed by atoms with Gasteiger partial charge in [0.25, 0.3) is 15.9 Å². The third-order valence-corrected chi connectivity index (χ3v) is 6.19. The molecule has 0 unspecified atom stereocenters. The summed E-state index contributed by atoms with van der Waals surface area (Å²) in [5, 5.41) is 2.37. The Morgan fingerprint density at radius 1 is 1.16 bits per heavy atom. The van der Waals surface area contributed by atoms with Crippen LogP contribution in [0.5, 0.6) is 0 Å². The highest BCUT2D eigenvalue weighted by atomic mass is 35.5. The van der Waals surface area contributed by atoms with Gasteiger partial charge < -0.3 is 10.1 Å². The number of carbonyl (C=O) groups excluding carboxylic acids is 2. The number of nitrogens with one attached hydrogen (secondary N) is 2. The monoisotopic (exact) mass is 402 g/mol. The fourth-order valence-electron chi connectivity index (χ4n) is 1.81. The van der Waals surface area contributed by atoms with E-state index in [1.165, 1.54) is 50.4 Å². The highest BCUT2D eigenvalue weighted by molar-refractivity contribution is 7.94. The van der Waals surface area contributed by atoms with Crippen LogP contribution in [0.25, 0.3) is 0 Å². The molecule has 7 nitrogen and oxygen atoms in total. The zero-order valence-corrected chi connectivity index (χ0v) is 15.7. The van der Waals surface area contributed by atoms with Crippen LogP contribution in [0.2, 0.25) is 4.34 Å². The van der Waals surface area contributed by atoms with Gasteiger partial charge in [-0.2, -0.15) is 0 Å². The molecule has 0 radical (unpaired) electrons. The molecule has 1 amide bonds. The van der Waals surface area contributed by atoms with Crippen molar-refractivity contribution in [3.8, 4) is 0 Å². The Balaban J connectivity index is 2.07. The third-order valence-electron chi connectivity index (χ3n) is 3.09. The van der Waals surface area contributed by atoms with Crippen molar-refractivity contribution in [2.24, 2.45) is 0 Å². The van der Waals surface area contributed by atoms with Crippen LogP contribution in [0, 0.1) is 0 Å². The molecule has 1 aromatic heterocycles. The van der Waals surface area contributed by atoms with Crippen molar-refractivity contribution in [1.29, 1.82) is 0 Å². The van der Waals surface area contributed by atoms with Crippen LogP contribution < -0.4 is 10.0 Å². The molecule has 2 rings (SSSR count). The molecule has 0 spiro atoms. The van der Waals surface area contributed by atoms with Crippen LogP contribution in [-0.4, -0.2) is 33.4 Å². The number of thiophene rings is 1. The number of rotatable bonds is 6. The van der Waals surface area contributed by atoms with Crippen LogP contribution in [0.4, 0.5) is 5.69 Å². The molecule has 0 saturated heterocycles. The van der Waals surface area contributed by atoms with Crippen LogP contribution in [0.15, 0.2) is 40.6 Å². The van der Waals surface area contributed by atoms with E-state index in [9.17, 15) is 18.0 Å². The Morgan fingerprint density at radius 2 is 1.80 bits per heavy atom. The number of ether oxygens (including phenoxy) is 1. The molecule has 1 heterocycles. The van der Waals surface area contributed by atoms with E-state index >= 15 is 0 Å². The number of hydrogen-bond donors (Lipinski definition) is 2. The lowest BCUT2D eigenvalue weighted by atomic mass is 10.2. The second kappa shape index (κ2) is 7.85. The Hall–Kier alpha value is -2.10. The van der Waals surface area contributed by atoms with Gasteiger partial charge in [0.05, 0.1) is 9.90 Å². The summed E-state index contributed by atoms with van der Waals surface area (Å²) in [7, 11) is -2.31. The lowest BCUT2D eigenvalue weighted by Crippen LogP contribution is -2.33. The Morgan fingerprint density at radius 3 is 2.32 bits per heavy atom. The van der Waals surface area contributed by atoms with Crippen molar-refractivity contribution in [2.75, 3.05) is 11.8 Å². The van der Waals surface area contributed by atoms with Gasteiger partial charge in [-0.25, -0.2) is 13.2 Å². The maximum atomic E-state index is 12.2. The van der Waals surface area contributed by atoms with Crippen LogP contribution in [0.3, 0.4) is 0 Å². The van der Waals surface area contributed by atoms with Crippen molar-refractivity contribution < 1.29 is 22.7 Å². The van der Waals surface area contributed by atoms with E-state index in [4.69, 9.17) is 16.3 Å². The highest BCUT2D eigenvalue weighted by Gasteiger charge is 2.19. The topological polar surface area (TPSA) is 102 Å². The van der Waals surface area contributed by atoms with Gasteiger partial charge in [0.15, 0.2) is 6.10 Å². The van der Waals surface area contributed by atoms with Gasteiger partial charge in [0, 0.05) is 12.7 Å². The summed E-state index contributed by atoms with van der Waals surface area (Å²) in [6.07, 6.45) is -0.931. The van der Waals surface area contributed by atoms with Gasteiger partial charge in [-0.1, -0.05) is 11.6 Å². The summed E-state index contributed by atoms with van der Waals surface area (Å²) >= 11 is 6.68. The highest BCUT2D eigenvalue weighted by Crippen LogP contribution is 2.27. The molecule has 0 aliphatic rings. The molecule has 134 valence electrons. The number of hydrogen-bond acceptors (Lipinski definition) is 6. The molecule has 0 aliphatic carbocycles. The molecule has 25 heavy (non-hydrogen) atoms. The number of likely N-dealkylation sites (N-methyl/N-ethyl adjacent to an activating group) is 1. The minimum atomic E-state index is -3.74. The summed E-state index contributed by atoms with van der Waals surface area (Å²) in [6.45, 7) is 1.45. The van der Waals surface area contributed by atoms with Crippen molar-refractivity contribution in [3.05, 3.63) is 46.3 Å². The van der Waals surface area contributed by atoms with E-state index in [1.54, 1.807) is 0 Å². The van der Waals surface area contributed by atoms with Crippen molar-refractivity contribution in [2.45, 2.75) is 17.2 Å². The lowest BCUT2D eigenvalue weighted by Gasteiger charge is -2.12. The number of amides is 1. The Labute approximate surface area is 154 Å². The van der Waals surface area contributed by atoms with Crippen molar-refractivity contribution in [1.82, 2.24) is 5.32 Å². The summed E-state index contributed by atoms with van der Waals surface area (Å²) in [5.74, 6) is -1.11. The van der Waals surface area contributed by atoms with Gasteiger partial charge >= 0.3 is 5.97 Å². The fourth-order valence-corrected chi connectivity index (χ4v) is 4.35. The molecule has 2 aromatic rings. The quantitative estimate of drug-likeness (QED) is 0.723. The molecular weight excluding hydrogens is 388 g/mol. The van der Waals surface area contributed by atoms with Crippen LogP contribution in [0.1, 0.15) is 17.3 Å². The fraction of sp³-hybridized carbons (Fsp3) is 0.200. The molecule has 0 bridgehead atoms. The van der Waals surface area contributed by atoms with Crippen molar-refractivity contribution >= 4 is 50.5 Å². The smallest absolute Gasteiger partial charge is 0.338 e. The number of sulfonamides is 1. The van der Waals surface area contributed by atoms with Gasteiger partial charge in [0.1, 0.15) is 4.21 Å². The first kappa shape index (κ1) is 19.2. The molecule has 1 atom stereocenters. The number of esters is 1. The molecule has 0 fully saturated rings. The zero-order valence-electron chi connectivity index (χ0n) is 13.3. The first-order valence-electron chi connectivity index (χ1n) is 7.03. The van der Waals surface area contributed by atoms with Gasteiger partial charge in [0.2, 0.25) is 0 Å². The van der Waals surface area contributed by atoms with Crippen molar-refractivity contribution in [3.63, 3.8) is 0 Å². The third kappa shape index (κ3) is 4.94. The summed E-state index contributed by atoms with van der Waals surface area (Å²) in [5.41, 5.74) is 0.471. The number of carbonyl (C=O) groups is 2. The number of anilines is 1. The van der Waals surface area contributed by atoms with E-state index in [2.05, 4.69) is 10.0 Å². The molecule has 0 aliphatic heterocycles. The molecule has 0 saturated carbocycles. The SMILES string of the molecule is CNC(=O)[C@@H](C)OC(=O)c1ccc(NS(=O)(=O)c2ccc(Cl)s2)cc1. The standard InChI is InChI=1S/C15H15ClN2O5S2/c1-9(14(19)17-2)23-15(20)10-3-5-11(6-4-10)18-25(21,22)13-8-7-12(16)24-13/h3-9,18H,1-2H3,(H,17,19)/t9-/m1/s1. The maximum absolute atomic E-state index is 12.2. The molecule has 10 heteroatoms. The molecule has 2 N–H and O–H groups in total. The van der Waals surface area contributed by atoms with Crippen LogP contribution >= 0.6 is 22.9 Å². The summed E-state index contributed by atoms with van der Waals surface area (Å²) in [4.78, 5) is 23.3. The summed E-state index contributed by atoms with van der Waals surface area (Å²) < 4.78 is 32.2. The first-order valence-corrected chi connectivity index (χ1v) is 9.71. The average molecular weight is 403 g/mol. The minimum Gasteiger partial charge on any atom is -0.449 e. The maximum Gasteiger partial charge on any atom is 0.338 e. The largest absolute Gasteiger partial charge is 0.449 e. The zero-order chi connectivity index (χ0) is 18.6. The molecule has 1 aromatic carbocycles. The minimum absolute atomic E-state index is 0.0837. The average Bonchev–Trinajstić information content (AvgIpc) is 3.01. The number of halogens is 1. The number of benzene rings is 1. The van der Waals surface area contributed by atoms with E-state index in [0.29, 0.717) is 4.34 Å². The van der Waals surface area contributed by atoms with E-state index in [-0.39, 0.29) is 15.5 Å². The van der Waals surface area contributed by atoms with E-state index < -0.39 is 28.0 Å². The normalized spacial score (nSPS) is 12.3. The molecular formula is C15H15ClN2O5S2. The van der Waals surface area contributed by atoms with Gasteiger partial charge in [-0.15, -0.1) is 11.3 Å². The first-order chi connectivity index (χ1) is 11.7. The predicted molar refractivity (Wildman–Crippen MR) is 95.5 cm³/mol. The Bertz CT molecular complexity index is 878. The van der Waals surface area contributed by atoms with Gasteiger partial charge in [-0.05, 0) is 43.3 Å². The predicted octanol–water partition coefficient (Wildman–Crippen LogP) is 2.49. The summed E-state index contributed by atoms with van der Waals surface area (Å²) in [6, 6.07) is 8.55. The second-order valence-electron chi connectivity index (χ2n) is 4.90. The van der Waals surface area contributed by atoms with E-state index in [1.807, 2.05) is 0 Å². The van der Waals surface area contributed by atoms with E-state index in [0.717, 1.165) is 11.3 Å². The van der Waals surface area contributed by atoms with Gasteiger partial charge in [-0.3, -0.25) is 9.52 Å². The van der Waals surface area contributed by atoms with Crippen LogP contribution in [-0.2, 0) is 19.6 Å². The second-order valence-corrected chi connectivity index (χ2v) is 8.53. The lowest BCUT2D eigenvalue weighted by molar-refractivity contribution is -0.128.